The van der Waals surface area contributed by atoms with E-state index in [1.807, 2.05) is 13.8 Å². The molecule has 0 fully saturated rings. The largest absolute Gasteiger partial charge is 0.449 e. The summed E-state index contributed by atoms with van der Waals surface area (Å²) in [5.74, 6) is 0.786. The molecule has 1 aromatic rings. The Morgan fingerprint density at radius 3 is 3.00 bits per heavy atom. The second-order valence-electron chi connectivity index (χ2n) is 3.65. The fraction of sp³-hybridized carbons (Fsp3) is 0.556. The molecular weight excluding hydrogens is 196 g/mol. The molecule has 1 heterocycles. The molecule has 1 rings (SSSR count). The number of hydrogen-bond acceptors (Lipinski definition) is 4. The number of carbonyl (C=O) groups excluding carboxylic acids is 1. The molecule has 0 spiro atoms. The molecule has 0 radical (unpaired) electrons. The van der Waals surface area contributed by atoms with Gasteiger partial charge in [0.25, 0.3) is 0 Å². The van der Waals surface area contributed by atoms with Gasteiger partial charge in [0.1, 0.15) is 5.82 Å². The first-order chi connectivity index (χ1) is 7.09. The molecule has 1 amide bonds. The third-order valence-corrected chi connectivity index (χ3v) is 1.72. The lowest BCUT2D eigenvalue weighted by molar-refractivity contribution is 0.132. The van der Waals surface area contributed by atoms with Crippen molar-refractivity contribution in [3.05, 3.63) is 11.8 Å². The van der Waals surface area contributed by atoms with E-state index in [9.17, 15) is 4.79 Å². The van der Waals surface area contributed by atoms with E-state index in [0.717, 1.165) is 5.56 Å². The molecule has 0 aliphatic rings. The Labute approximate surface area is 88.2 Å². The predicted molar refractivity (Wildman–Crippen MR) is 56.0 cm³/mol. The smallest absolute Gasteiger partial charge is 0.407 e. The van der Waals surface area contributed by atoms with E-state index in [0.29, 0.717) is 24.9 Å². The van der Waals surface area contributed by atoms with Crippen LogP contribution in [0, 0.1) is 5.92 Å². The van der Waals surface area contributed by atoms with Crippen molar-refractivity contribution >= 4 is 11.9 Å². The second kappa shape index (κ2) is 5.23. The van der Waals surface area contributed by atoms with Gasteiger partial charge in [-0.3, -0.25) is 5.10 Å². The highest BCUT2D eigenvalue weighted by molar-refractivity contribution is 5.67. The number of nitrogens with two attached hydrogens (primary N) is 1. The van der Waals surface area contributed by atoms with Crippen LogP contribution in [0.25, 0.3) is 0 Å². The van der Waals surface area contributed by atoms with Gasteiger partial charge in [-0.2, -0.15) is 5.10 Å². The first kappa shape index (κ1) is 11.4. The lowest BCUT2D eigenvalue weighted by atomic mass is 10.2. The number of aromatic amines is 1. The summed E-state index contributed by atoms with van der Waals surface area (Å²) in [5, 5.41) is 8.89. The second-order valence-corrected chi connectivity index (χ2v) is 3.65. The maximum absolute atomic E-state index is 11.1. The Morgan fingerprint density at radius 2 is 2.47 bits per heavy atom. The van der Waals surface area contributed by atoms with Gasteiger partial charge in [0.2, 0.25) is 0 Å². The summed E-state index contributed by atoms with van der Waals surface area (Å²) in [6, 6.07) is 0. The molecule has 0 saturated carbocycles. The van der Waals surface area contributed by atoms with Crippen molar-refractivity contribution in [1.82, 2.24) is 15.5 Å². The molecule has 6 heteroatoms. The zero-order chi connectivity index (χ0) is 11.3. The molecule has 0 aromatic carbocycles. The molecule has 84 valence electrons. The summed E-state index contributed by atoms with van der Waals surface area (Å²) in [6.07, 6.45) is 1.13. The van der Waals surface area contributed by atoms with Crippen molar-refractivity contribution in [2.24, 2.45) is 5.92 Å². The highest BCUT2D eigenvalue weighted by atomic mass is 16.5. The minimum absolute atomic E-state index is 0.319. The molecule has 0 saturated heterocycles. The molecule has 0 bridgehead atoms. The van der Waals surface area contributed by atoms with Crippen molar-refractivity contribution in [3.8, 4) is 0 Å². The van der Waals surface area contributed by atoms with E-state index in [2.05, 4.69) is 15.5 Å². The van der Waals surface area contributed by atoms with Crippen molar-refractivity contribution in [1.29, 1.82) is 0 Å². The van der Waals surface area contributed by atoms with Gasteiger partial charge in [-0.15, -0.1) is 0 Å². The third kappa shape index (κ3) is 3.88. The highest BCUT2D eigenvalue weighted by Gasteiger charge is 2.05. The molecule has 15 heavy (non-hydrogen) atoms. The van der Waals surface area contributed by atoms with Gasteiger partial charge in [-0.25, -0.2) is 4.79 Å². The lowest BCUT2D eigenvalue weighted by Gasteiger charge is -2.08. The minimum Gasteiger partial charge on any atom is -0.449 e. The number of carbonyl (C=O) groups is 1. The summed E-state index contributed by atoms with van der Waals surface area (Å²) in [6.45, 7) is 4.68. The Balaban J connectivity index is 2.26. The van der Waals surface area contributed by atoms with Crippen LogP contribution < -0.4 is 11.1 Å². The Morgan fingerprint density at radius 1 is 1.73 bits per heavy atom. The zero-order valence-electron chi connectivity index (χ0n) is 8.91. The van der Waals surface area contributed by atoms with Gasteiger partial charge in [-0.1, -0.05) is 13.8 Å². The molecule has 1 aromatic heterocycles. The van der Waals surface area contributed by atoms with Crippen molar-refractivity contribution in [2.75, 3.05) is 12.3 Å². The molecule has 4 N–H and O–H groups in total. The Hall–Kier alpha value is -1.72. The topological polar surface area (TPSA) is 93.0 Å². The molecule has 0 aliphatic carbocycles. The maximum atomic E-state index is 11.1. The van der Waals surface area contributed by atoms with Gasteiger partial charge in [0.05, 0.1) is 19.3 Å². The summed E-state index contributed by atoms with van der Waals surface area (Å²) in [5.41, 5.74) is 6.29. The maximum Gasteiger partial charge on any atom is 0.407 e. The van der Waals surface area contributed by atoms with E-state index in [4.69, 9.17) is 10.5 Å². The standard InChI is InChI=1S/C9H16N4O2/c1-6(2)5-15-9(14)11-3-7-4-12-13-8(7)10/h4,6H,3,5H2,1-2H3,(H,11,14)(H3,10,12,13). The van der Waals surface area contributed by atoms with Crippen LogP contribution in [0.15, 0.2) is 6.20 Å². The fourth-order valence-corrected chi connectivity index (χ4v) is 0.923. The minimum atomic E-state index is -0.440. The van der Waals surface area contributed by atoms with Crippen LogP contribution in [0.2, 0.25) is 0 Å². The average molecular weight is 212 g/mol. The Kier molecular flexibility index (Phi) is 3.96. The summed E-state index contributed by atoms with van der Waals surface area (Å²) < 4.78 is 4.92. The van der Waals surface area contributed by atoms with E-state index in [-0.39, 0.29) is 0 Å². The van der Waals surface area contributed by atoms with E-state index in [1.165, 1.54) is 0 Å². The summed E-state index contributed by atoms with van der Waals surface area (Å²) >= 11 is 0. The van der Waals surface area contributed by atoms with Gasteiger partial charge in [0, 0.05) is 5.56 Å². The molecular formula is C9H16N4O2. The van der Waals surface area contributed by atoms with Gasteiger partial charge >= 0.3 is 6.09 Å². The highest BCUT2D eigenvalue weighted by Crippen LogP contribution is 2.04. The van der Waals surface area contributed by atoms with Gasteiger partial charge < -0.3 is 15.8 Å². The van der Waals surface area contributed by atoms with Crippen LogP contribution >= 0.6 is 0 Å². The average Bonchev–Trinajstić information content (AvgIpc) is 2.58. The van der Waals surface area contributed by atoms with E-state index < -0.39 is 6.09 Å². The number of ether oxygens (including phenoxy) is 1. The Bertz CT molecular complexity index is 322. The van der Waals surface area contributed by atoms with Crippen molar-refractivity contribution in [2.45, 2.75) is 20.4 Å². The van der Waals surface area contributed by atoms with Gasteiger partial charge in [-0.05, 0) is 5.92 Å². The number of nitrogens with zero attached hydrogens (tertiary/aromatic N) is 1. The summed E-state index contributed by atoms with van der Waals surface area (Å²) in [7, 11) is 0. The zero-order valence-corrected chi connectivity index (χ0v) is 8.91. The number of alkyl carbamates (subject to hydrolysis) is 1. The number of anilines is 1. The number of nitrogens with one attached hydrogen (secondary N) is 2. The van der Waals surface area contributed by atoms with Crippen LogP contribution in [-0.2, 0) is 11.3 Å². The fourth-order valence-electron chi connectivity index (χ4n) is 0.923. The van der Waals surface area contributed by atoms with Crippen molar-refractivity contribution in [3.63, 3.8) is 0 Å². The normalized spacial score (nSPS) is 10.3. The first-order valence-electron chi connectivity index (χ1n) is 4.78. The first-order valence-corrected chi connectivity index (χ1v) is 4.78. The number of hydrogen-bond donors (Lipinski definition) is 3. The van der Waals surface area contributed by atoms with Crippen LogP contribution in [0.3, 0.4) is 0 Å². The van der Waals surface area contributed by atoms with E-state index in [1.54, 1.807) is 6.20 Å². The molecule has 0 atom stereocenters. The van der Waals surface area contributed by atoms with Crippen LogP contribution in [0.1, 0.15) is 19.4 Å². The van der Waals surface area contributed by atoms with Crippen LogP contribution in [-0.4, -0.2) is 22.9 Å². The SMILES string of the molecule is CC(C)COC(=O)NCc1cn[nH]c1N. The molecule has 6 nitrogen and oxygen atoms in total. The van der Waals surface area contributed by atoms with Crippen molar-refractivity contribution < 1.29 is 9.53 Å². The van der Waals surface area contributed by atoms with Gasteiger partial charge in [0.15, 0.2) is 0 Å². The number of aromatic nitrogens is 2. The molecule has 0 unspecified atom stereocenters. The lowest BCUT2D eigenvalue weighted by Crippen LogP contribution is -2.25. The number of rotatable bonds is 4. The quantitative estimate of drug-likeness (QED) is 0.690. The number of H-pyrrole nitrogens is 1. The molecule has 0 aliphatic heterocycles. The monoisotopic (exact) mass is 212 g/mol. The third-order valence-electron chi connectivity index (χ3n) is 1.72. The number of amides is 1. The van der Waals surface area contributed by atoms with E-state index >= 15 is 0 Å². The number of nitrogen functional groups attached to an aromatic ring is 1. The summed E-state index contributed by atoms with van der Waals surface area (Å²) in [4.78, 5) is 11.1. The van der Waals surface area contributed by atoms with Crippen LogP contribution in [0.5, 0.6) is 0 Å². The predicted octanol–water partition coefficient (Wildman–Crippen LogP) is 0.874. The van der Waals surface area contributed by atoms with Crippen LogP contribution in [0.4, 0.5) is 10.6 Å².